The lowest BCUT2D eigenvalue weighted by Gasteiger charge is -2.17. The van der Waals surface area contributed by atoms with Gasteiger partial charge in [0.25, 0.3) is 5.91 Å². The summed E-state index contributed by atoms with van der Waals surface area (Å²) in [5.41, 5.74) is -0.813. The van der Waals surface area contributed by atoms with Crippen molar-refractivity contribution in [2.75, 3.05) is 19.7 Å². The number of aromatic nitrogens is 1. The van der Waals surface area contributed by atoms with Crippen molar-refractivity contribution in [1.29, 1.82) is 0 Å². The van der Waals surface area contributed by atoms with Crippen molar-refractivity contribution in [3.05, 3.63) is 54.2 Å². The zero-order valence-corrected chi connectivity index (χ0v) is 13.8. The third-order valence-electron chi connectivity index (χ3n) is 3.95. The molecule has 2 aromatic rings. The molecule has 1 atom stereocenters. The smallest absolute Gasteiger partial charge is 0.416 e. The van der Waals surface area contributed by atoms with Crippen LogP contribution in [0, 0.1) is 0 Å². The van der Waals surface area contributed by atoms with Crippen molar-refractivity contribution in [1.82, 2.24) is 9.88 Å². The second-order valence-corrected chi connectivity index (χ2v) is 5.85. The van der Waals surface area contributed by atoms with Gasteiger partial charge in [-0.1, -0.05) is 12.1 Å². The monoisotopic (exact) mass is 366 g/mol. The molecule has 138 valence electrons. The average molecular weight is 366 g/mol. The standard InChI is InChI=1S/C18H17F3N2O3/c19-18(20,21)13-4-3-5-14(10-13)25-12-17(24)23-9-7-15(11-23)26-16-6-1-2-8-22-16/h1-6,8,10,15H,7,9,11-12H2/t15-/m0/s1. The van der Waals surface area contributed by atoms with Crippen molar-refractivity contribution in [3.8, 4) is 11.6 Å². The van der Waals surface area contributed by atoms with Crippen molar-refractivity contribution in [2.45, 2.75) is 18.7 Å². The van der Waals surface area contributed by atoms with Gasteiger partial charge in [0.15, 0.2) is 6.61 Å². The van der Waals surface area contributed by atoms with E-state index in [0.29, 0.717) is 25.4 Å². The molecule has 3 rings (SSSR count). The van der Waals surface area contributed by atoms with E-state index in [2.05, 4.69) is 4.98 Å². The van der Waals surface area contributed by atoms with Crippen LogP contribution in [0.15, 0.2) is 48.7 Å². The first kappa shape index (κ1) is 18.0. The first-order chi connectivity index (χ1) is 12.4. The molecule has 0 N–H and O–H groups in total. The Kier molecular flexibility index (Phi) is 5.29. The predicted octanol–water partition coefficient (Wildman–Crippen LogP) is 3.16. The Morgan fingerprint density at radius 2 is 2.08 bits per heavy atom. The third kappa shape index (κ3) is 4.65. The van der Waals surface area contributed by atoms with Gasteiger partial charge in [0.2, 0.25) is 5.88 Å². The molecule has 1 aliphatic heterocycles. The first-order valence-electron chi connectivity index (χ1n) is 8.07. The number of ether oxygens (including phenoxy) is 2. The molecule has 1 aromatic heterocycles. The van der Waals surface area contributed by atoms with Crippen LogP contribution in [0.1, 0.15) is 12.0 Å². The van der Waals surface area contributed by atoms with Crippen LogP contribution in [-0.4, -0.2) is 41.6 Å². The molecule has 0 radical (unpaired) electrons. The van der Waals surface area contributed by atoms with E-state index in [0.717, 1.165) is 12.1 Å². The summed E-state index contributed by atoms with van der Waals surface area (Å²) < 4.78 is 49.0. The molecule has 1 aliphatic rings. The van der Waals surface area contributed by atoms with E-state index >= 15 is 0 Å². The first-order valence-corrected chi connectivity index (χ1v) is 8.07. The van der Waals surface area contributed by atoms with Crippen LogP contribution in [0.4, 0.5) is 13.2 Å². The van der Waals surface area contributed by atoms with Gasteiger partial charge >= 0.3 is 6.18 Å². The van der Waals surface area contributed by atoms with Crippen molar-refractivity contribution in [3.63, 3.8) is 0 Å². The summed E-state index contributed by atoms with van der Waals surface area (Å²) in [6, 6.07) is 9.79. The summed E-state index contributed by atoms with van der Waals surface area (Å²) in [4.78, 5) is 17.9. The number of carbonyl (C=O) groups excluding carboxylic acids is 1. The van der Waals surface area contributed by atoms with Crippen molar-refractivity contribution in [2.24, 2.45) is 0 Å². The summed E-state index contributed by atoms with van der Waals surface area (Å²) in [6.07, 6.45) is -2.33. The highest BCUT2D eigenvalue weighted by Crippen LogP contribution is 2.31. The Hall–Kier alpha value is -2.77. The van der Waals surface area contributed by atoms with Gasteiger partial charge in [0.1, 0.15) is 11.9 Å². The molecule has 0 bridgehead atoms. The minimum atomic E-state index is -4.45. The second kappa shape index (κ2) is 7.63. The molecular formula is C18H17F3N2O3. The molecule has 0 aliphatic carbocycles. The van der Waals surface area contributed by atoms with Crippen LogP contribution in [0.5, 0.6) is 11.6 Å². The Morgan fingerprint density at radius 1 is 1.23 bits per heavy atom. The van der Waals surface area contributed by atoms with Gasteiger partial charge < -0.3 is 14.4 Å². The molecule has 5 nitrogen and oxygen atoms in total. The van der Waals surface area contributed by atoms with E-state index < -0.39 is 11.7 Å². The number of alkyl halides is 3. The summed E-state index contributed by atoms with van der Waals surface area (Å²) >= 11 is 0. The molecule has 1 amide bonds. The van der Waals surface area contributed by atoms with E-state index in [1.165, 1.54) is 12.1 Å². The lowest BCUT2D eigenvalue weighted by Crippen LogP contribution is -2.34. The van der Waals surface area contributed by atoms with Crippen molar-refractivity contribution < 1.29 is 27.4 Å². The average Bonchev–Trinajstić information content (AvgIpc) is 3.09. The van der Waals surface area contributed by atoms with E-state index in [9.17, 15) is 18.0 Å². The normalized spacial score (nSPS) is 17.2. The SMILES string of the molecule is O=C(COc1cccc(C(F)(F)F)c1)N1CC[C@H](Oc2ccccn2)C1. The lowest BCUT2D eigenvalue weighted by molar-refractivity contribution is -0.137. The van der Waals surface area contributed by atoms with Gasteiger partial charge in [-0.25, -0.2) is 4.98 Å². The predicted molar refractivity (Wildman–Crippen MR) is 86.8 cm³/mol. The number of nitrogens with zero attached hydrogens (tertiary/aromatic N) is 2. The van der Waals surface area contributed by atoms with Crippen LogP contribution in [-0.2, 0) is 11.0 Å². The lowest BCUT2D eigenvalue weighted by atomic mass is 10.2. The number of rotatable bonds is 5. The highest BCUT2D eigenvalue weighted by atomic mass is 19.4. The summed E-state index contributed by atoms with van der Waals surface area (Å²) in [5, 5.41) is 0. The molecule has 26 heavy (non-hydrogen) atoms. The molecule has 1 aromatic carbocycles. The molecular weight excluding hydrogens is 349 g/mol. The van der Waals surface area contributed by atoms with Gasteiger partial charge in [0, 0.05) is 25.2 Å². The minimum Gasteiger partial charge on any atom is -0.484 e. The van der Waals surface area contributed by atoms with Gasteiger partial charge in [0.05, 0.1) is 12.1 Å². The molecule has 0 spiro atoms. The number of carbonyl (C=O) groups is 1. The highest BCUT2D eigenvalue weighted by molar-refractivity contribution is 5.78. The number of hydrogen-bond acceptors (Lipinski definition) is 4. The molecule has 1 fully saturated rings. The Morgan fingerprint density at radius 3 is 2.81 bits per heavy atom. The maximum Gasteiger partial charge on any atom is 0.416 e. The molecule has 0 saturated carbocycles. The maximum absolute atomic E-state index is 12.7. The maximum atomic E-state index is 12.7. The second-order valence-electron chi connectivity index (χ2n) is 5.85. The molecule has 0 unspecified atom stereocenters. The van der Waals surface area contributed by atoms with Gasteiger partial charge in [-0.15, -0.1) is 0 Å². The topological polar surface area (TPSA) is 51.7 Å². The van der Waals surface area contributed by atoms with E-state index in [-0.39, 0.29) is 24.4 Å². The fourth-order valence-electron chi connectivity index (χ4n) is 2.64. The Balaban J connectivity index is 1.50. The molecule has 8 heteroatoms. The van der Waals surface area contributed by atoms with Crippen LogP contribution < -0.4 is 9.47 Å². The van der Waals surface area contributed by atoms with Crippen LogP contribution >= 0.6 is 0 Å². The van der Waals surface area contributed by atoms with Crippen LogP contribution in [0.2, 0.25) is 0 Å². The van der Waals surface area contributed by atoms with Gasteiger partial charge in [-0.2, -0.15) is 13.2 Å². The summed E-state index contributed by atoms with van der Waals surface area (Å²) in [6.45, 7) is 0.571. The Bertz CT molecular complexity index is 753. The number of likely N-dealkylation sites (tertiary alicyclic amines) is 1. The number of pyridine rings is 1. The fourth-order valence-corrected chi connectivity index (χ4v) is 2.64. The van der Waals surface area contributed by atoms with Gasteiger partial charge in [-0.05, 0) is 24.3 Å². The third-order valence-corrected chi connectivity index (χ3v) is 3.95. The largest absolute Gasteiger partial charge is 0.484 e. The number of hydrogen-bond donors (Lipinski definition) is 0. The van der Waals surface area contributed by atoms with E-state index in [4.69, 9.17) is 9.47 Å². The fraction of sp³-hybridized carbons (Fsp3) is 0.333. The van der Waals surface area contributed by atoms with E-state index in [1.807, 2.05) is 6.07 Å². The quantitative estimate of drug-likeness (QED) is 0.816. The number of benzene rings is 1. The van der Waals surface area contributed by atoms with Crippen molar-refractivity contribution >= 4 is 5.91 Å². The molecule has 2 heterocycles. The zero-order valence-electron chi connectivity index (χ0n) is 13.8. The zero-order chi connectivity index (χ0) is 18.6. The number of halogens is 3. The summed E-state index contributed by atoms with van der Waals surface area (Å²) in [5.74, 6) is 0.204. The van der Waals surface area contributed by atoms with E-state index in [1.54, 1.807) is 23.2 Å². The van der Waals surface area contributed by atoms with Crippen LogP contribution in [0.3, 0.4) is 0 Å². The number of amides is 1. The highest BCUT2D eigenvalue weighted by Gasteiger charge is 2.31. The summed E-state index contributed by atoms with van der Waals surface area (Å²) in [7, 11) is 0. The molecule has 1 saturated heterocycles. The Labute approximate surface area is 148 Å². The minimum absolute atomic E-state index is 0.00802. The van der Waals surface area contributed by atoms with Gasteiger partial charge in [-0.3, -0.25) is 4.79 Å². The van der Waals surface area contributed by atoms with Crippen LogP contribution in [0.25, 0.3) is 0 Å².